The van der Waals surface area contributed by atoms with E-state index in [2.05, 4.69) is 53.6 Å². The van der Waals surface area contributed by atoms with E-state index in [0.29, 0.717) is 0 Å². The first-order chi connectivity index (χ1) is 10.2. The third kappa shape index (κ3) is 3.31. The van der Waals surface area contributed by atoms with Crippen molar-refractivity contribution in [2.24, 2.45) is 12.8 Å². The lowest BCUT2D eigenvalue weighted by Crippen LogP contribution is -2.23. The van der Waals surface area contributed by atoms with Crippen LogP contribution in [0.4, 0.5) is 0 Å². The second-order valence-electron chi connectivity index (χ2n) is 5.63. The maximum atomic E-state index is 6.29. The van der Waals surface area contributed by atoms with Crippen LogP contribution in [-0.4, -0.2) is 15.8 Å². The highest BCUT2D eigenvalue weighted by Gasteiger charge is 2.07. The first kappa shape index (κ1) is 13.8. The van der Waals surface area contributed by atoms with Gasteiger partial charge in [-0.2, -0.15) is 5.10 Å². The van der Waals surface area contributed by atoms with Gasteiger partial charge in [0.2, 0.25) is 0 Å². The fraction of sp³-hybridized carbons (Fsp3) is 0.278. The lowest BCUT2D eigenvalue weighted by Gasteiger charge is -2.12. The average molecular weight is 279 g/mol. The number of rotatable bonds is 5. The van der Waals surface area contributed by atoms with Gasteiger partial charge in [0.1, 0.15) is 0 Å². The van der Waals surface area contributed by atoms with Crippen molar-refractivity contribution in [3.05, 3.63) is 66.0 Å². The minimum Gasteiger partial charge on any atom is -0.327 e. The smallest absolute Gasteiger partial charge is 0.0492 e. The molecule has 0 aliphatic rings. The summed E-state index contributed by atoms with van der Waals surface area (Å²) in [7, 11) is 1.98. The molecule has 21 heavy (non-hydrogen) atoms. The van der Waals surface area contributed by atoms with Crippen molar-refractivity contribution in [1.29, 1.82) is 0 Å². The SMILES string of the molecule is Cn1nccc1CCC(N)Cc1ccc2ccccc2c1. The zero-order chi connectivity index (χ0) is 14.7. The van der Waals surface area contributed by atoms with E-state index in [1.54, 1.807) is 0 Å². The lowest BCUT2D eigenvalue weighted by molar-refractivity contribution is 0.586. The van der Waals surface area contributed by atoms with Gasteiger partial charge in [0, 0.05) is 25.0 Å². The van der Waals surface area contributed by atoms with Crippen molar-refractivity contribution in [1.82, 2.24) is 9.78 Å². The number of hydrogen-bond acceptors (Lipinski definition) is 2. The Balaban J connectivity index is 1.63. The zero-order valence-corrected chi connectivity index (χ0v) is 12.4. The molecule has 0 bridgehead atoms. The molecule has 2 aromatic carbocycles. The highest BCUT2D eigenvalue weighted by atomic mass is 15.2. The summed E-state index contributed by atoms with van der Waals surface area (Å²) >= 11 is 0. The van der Waals surface area contributed by atoms with Crippen LogP contribution in [0.3, 0.4) is 0 Å². The summed E-state index contributed by atoms with van der Waals surface area (Å²) < 4.78 is 1.92. The van der Waals surface area contributed by atoms with E-state index in [9.17, 15) is 0 Å². The van der Waals surface area contributed by atoms with Crippen molar-refractivity contribution in [2.45, 2.75) is 25.3 Å². The second-order valence-corrected chi connectivity index (χ2v) is 5.63. The third-order valence-corrected chi connectivity index (χ3v) is 4.01. The fourth-order valence-electron chi connectivity index (χ4n) is 2.75. The number of nitrogens with two attached hydrogens (primary N) is 1. The average Bonchev–Trinajstić information content (AvgIpc) is 2.90. The molecule has 108 valence electrons. The summed E-state index contributed by atoms with van der Waals surface area (Å²) in [5.74, 6) is 0. The highest BCUT2D eigenvalue weighted by Crippen LogP contribution is 2.17. The van der Waals surface area contributed by atoms with E-state index >= 15 is 0 Å². The molecular formula is C18H21N3. The molecule has 0 radical (unpaired) electrons. The summed E-state index contributed by atoms with van der Waals surface area (Å²) in [6.07, 6.45) is 4.71. The predicted octanol–water partition coefficient (Wildman–Crippen LogP) is 3.08. The Hall–Kier alpha value is -2.13. The number of benzene rings is 2. The molecule has 2 N–H and O–H groups in total. The predicted molar refractivity (Wildman–Crippen MR) is 87.2 cm³/mol. The van der Waals surface area contributed by atoms with Crippen molar-refractivity contribution < 1.29 is 0 Å². The summed E-state index contributed by atoms with van der Waals surface area (Å²) in [5.41, 5.74) is 8.84. The number of nitrogens with zero attached hydrogens (tertiary/aromatic N) is 2. The standard InChI is InChI=1S/C18H21N3/c1-21-18(10-11-20-21)9-8-17(19)13-14-6-7-15-4-2-3-5-16(15)12-14/h2-7,10-12,17H,8-9,13,19H2,1H3. The number of aromatic nitrogens is 2. The van der Waals surface area contributed by atoms with Crippen LogP contribution in [0.2, 0.25) is 0 Å². The maximum Gasteiger partial charge on any atom is 0.0492 e. The molecule has 1 unspecified atom stereocenters. The van der Waals surface area contributed by atoms with Crippen molar-refractivity contribution >= 4 is 10.8 Å². The second kappa shape index (κ2) is 6.10. The lowest BCUT2D eigenvalue weighted by atomic mass is 9.99. The molecule has 0 aliphatic heterocycles. The molecule has 0 spiro atoms. The quantitative estimate of drug-likeness (QED) is 0.780. The Bertz CT molecular complexity index is 730. The van der Waals surface area contributed by atoms with E-state index in [1.807, 2.05) is 17.9 Å². The van der Waals surface area contributed by atoms with Gasteiger partial charge in [0.25, 0.3) is 0 Å². The Morgan fingerprint density at radius 3 is 2.67 bits per heavy atom. The van der Waals surface area contributed by atoms with E-state index in [0.717, 1.165) is 19.3 Å². The molecule has 0 fully saturated rings. The molecule has 1 atom stereocenters. The molecule has 0 saturated heterocycles. The molecule has 0 aliphatic carbocycles. The van der Waals surface area contributed by atoms with Gasteiger partial charge < -0.3 is 5.73 Å². The van der Waals surface area contributed by atoms with Crippen LogP contribution in [0.1, 0.15) is 17.7 Å². The summed E-state index contributed by atoms with van der Waals surface area (Å²) in [4.78, 5) is 0. The Morgan fingerprint density at radius 2 is 1.90 bits per heavy atom. The molecule has 1 heterocycles. The van der Waals surface area contributed by atoms with Gasteiger partial charge in [-0.15, -0.1) is 0 Å². The highest BCUT2D eigenvalue weighted by molar-refractivity contribution is 5.82. The minimum absolute atomic E-state index is 0.182. The number of hydrogen-bond donors (Lipinski definition) is 1. The van der Waals surface area contributed by atoms with Gasteiger partial charge in [0.15, 0.2) is 0 Å². The third-order valence-electron chi connectivity index (χ3n) is 4.01. The molecular weight excluding hydrogens is 258 g/mol. The van der Waals surface area contributed by atoms with Crippen molar-refractivity contribution in [3.8, 4) is 0 Å². The Morgan fingerprint density at radius 1 is 1.10 bits per heavy atom. The van der Waals surface area contributed by atoms with Crippen LogP contribution < -0.4 is 5.73 Å². The minimum atomic E-state index is 0.182. The van der Waals surface area contributed by atoms with E-state index in [1.165, 1.54) is 22.0 Å². The van der Waals surface area contributed by atoms with Gasteiger partial charge in [-0.25, -0.2) is 0 Å². The molecule has 3 rings (SSSR count). The topological polar surface area (TPSA) is 43.8 Å². The first-order valence-electron chi connectivity index (χ1n) is 7.42. The van der Waals surface area contributed by atoms with E-state index in [-0.39, 0.29) is 6.04 Å². The van der Waals surface area contributed by atoms with Gasteiger partial charge >= 0.3 is 0 Å². The van der Waals surface area contributed by atoms with Crippen LogP contribution in [0.15, 0.2) is 54.7 Å². The number of fused-ring (bicyclic) bond motifs is 1. The summed E-state index contributed by atoms with van der Waals surface area (Å²) in [5, 5.41) is 6.76. The largest absolute Gasteiger partial charge is 0.327 e. The molecule has 3 aromatic rings. The molecule has 0 amide bonds. The zero-order valence-electron chi connectivity index (χ0n) is 12.4. The molecule has 1 aromatic heterocycles. The fourth-order valence-corrected chi connectivity index (χ4v) is 2.75. The molecule has 0 saturated carbocycles. The van der Waals surface area contributed by atoms with Crippen LogP contribution in [0, 0.1) is 0 Å². The Kier molecular flexibility index (Phi) is 4.02. The van der Waals surface area contributed by atoms with Crippen LogP contribution in [-0.2, 0) is 19.9 Å². The van der Waals surface area contributed by atoms with Gasteiger partial charge in [-0.05, 0) is 41.7 Å². The van der Waals surface area contributed by atoms with Crippen LogP contribution in [0.5, 0.6) is 0 Å². The van der Waals surface area contributed by atoms with Crippen LogP contribution in [0.25, 0.3) is 10.8 Å². The van der Waals surface area contributed by atoms with E-state index < -0.39 is 0 Å². The van der Waals surface area contributed by atoms with Gasteiger partial charge in [-0.3, -0.25) is 4.68 Å². The first-order valence-corrected chi connectivity index (χ1v) is 7.42. The van der Waals surface area contributed by atoms with Gasteiger partial charge in [0.05, 0.1) is 0 Å². The normalized spacial score (nSPS) is 12.7. The maximum absolute atomic E-state index is 6.29. The Labute approximate surface area is 125 Å². The van der Waals surface area contributed by atoms with E-state index in [4.69, 9.17) is 5.73 Å². The van der Waals surface area contributed by atoms with Crippen molar-refractivity contribution in [2.75, 3.05) is 0 Å². The molecule has 3 heteroatoms. The van der Waals surface area contributed by atoms with Crippen molar-refractivity contribution in [3.63, 3.8) is 0 Å². The van der Waals surface area contributed by atoms with Crippen LogP contribution >= 0.6 is 0 Å². The number of aryl methyl sites for hydroxylation is 2. The summed E-state index contributed by atoms with van der Waals surface area (Å²) in [6.45, 7) is 0. The monoisotopic (exact) mass is 279 g/mol. The van der Waals surface area contributed by atoms with Gasteiger partial charge in [-0.1, -0.05) is 42.5 Å². The summed E-state index contributed by atoms with van der Waals surface area (Å²) in [6, 6.07) is 17.3. The molecule has 3 nitrogen and oxygen atoms in total.